The quantitative estimate of drug-likeness (QED) is 0.421. The van der Waals surface area contributed by atoms with Crippen LogP contribution in [0.5, 0.6) is 0 Å². The minimum absolute atomic E-state index is 0.0632. The van der Waals surface area contributed by atoms with Crippen molar-refractivity contribution in [3.05, 3.63) is 12.2 Å². The van der Waals surface area contributed by atoms with E-state index in [0.717, 1.165) is 30.1 Å². The molecule has 5 saturated carbocycles. The molecule has 5 aliphatic rings. The van der Waals surface area contributed by atoms with Crippen LogP contribution in [0.1, 0.15) is 113 Å². The van der Waals surface area contributed by atoms with E-state index < -0.39 is 0 Å². The van der Waals surface area contributed by atoms with Crippen molar-refractivity contribution in [1.29, 1.82) is 0 Å². The van der Waals surface area contributed by atoms with Crippen molar-refractivity contribution < 1.29 is 5.11 Å². The smallest absolute Gasteiger partial charge is 0.0594 e. The lowest BCUT2D eigenvalue weighted by Crippen LogP contribution is -2.66. The first-order chi connectivity index (χ1) is 14.3. The second-order valence-corrected chi connectivity index (χ2v) is 14.7. The Morgan fingerprint density at radius 2 is 1.45 bits per heavy atom. The summed E-state index contributed by atoms with van der Waals surface area (Å²) in [7, 11) is 0. The highest BCUT2D eigenvalue weighted by Gasteiger charge is 2.70. The van der Waals surface area contributed by atoms with E-state index in [4.69, 9.17) is 0 Å². The molecule has 5 unspecified atom stereocenters. The molecule has 5 fully saturated rings. The number of rotatable bonds is 1. The SMILES string of the molecule is C=C(C)[C@H]1CC[C@]2(C)CC[C@]3(C)C(CCC4[C@@]5(C)CCC(O)C(C)(C)C5CC[C@]43C)C12. The molecule has 31 heavy (non-hydrogen) atoms. The van der Waals surface area contributed by atoms with Gasteiger partial charge in [-0.1, -0.05) is 53.7 Å². The van der Waals surface area contributed by atoms with Crippen LogP contribution in [0.3, 0.4) is 0 Å². The third kappa shape index (κ3) is 2.65. The van der Waals surface area contributed by atoms with Crippen LogP contribution in [0.15, 0.2) is 12.2 Å². The zero-order valence-corrected chi connectivity index (χ0v) is 21.7. The summed E-state index contributed by atoms with van der Waals surface area (Å²) in [6.45, 7) is 22.3. The molecule has 0 saturated heterocycles. The van der Waals surface area contributed by atoms with Crippen LogP contribution >= 0.6 is 0 Å². The number of hydrogen-bond acceptors (Lipinski definition) is 1. The molecular weight excluding hydrogens is 376 g/mol. The fourth-order valence-corrected chi connectivity index (χ4v) is 11.5. The maximum Gasteiger partial charge on any atom is 0.0594 e. The van der Waals surface area contributed by atoms with Crippen LogP contribution in [0.4, 0.5) is 0 Å². The molecule has 0 aromatic heterocycles. The third-order valence-corrected chi connectivity index (χ3v) is 13.5. The molecule has 1 nitrogen and oxygen atoms in total. The first-order valence-corrected chi connectivity index (χ1v) is 13.6. The molecule has 0 aliphatic heterocycles. The first kappa shape index (κ1) is 22.5. The average Bonchev–Trinajstić information content (AvgIpc) is 3.04. The van der Waals surface area contributed by atoms with Gasteiger partial charge in [-0.3, -0.25) is 0 Å². The van der Waals surface area contributed by atoms with Crippen molar-refractivity contribution in [2.24, 2.45) is 56.7 Å². The van der Waals surface area contributed by atoms with E-state index in [1.165, 1.54) is 63.4 Å². The van der Waals surface area contributed by atoms with Gasteiger partial charge in [-0.2, -0.15) is 0 Å². The van der Waals surface area contributed by atoms with Crippen molar-refractivity contribution in [2.75, 3.05) is 0 Å². The van der Waals surface area contributed by atoms with Gasteiger partial charge in [-0.15, -0.1) is 0 Å². The summed E-state index contributed by atoms with van der Waals surface area (Å²) in [6, 6.07) is 0. The summed E-state index contributed by atoms with van der Waals surface area (Å²) < 4.78 is 0. The highest BCUT2D eigenvalue weighted by Crippen LogP contribution is 2.77. The van der Waals surface area contributed by atoms with Gasteiger partial charge in [0.1, 0.15) is 0 Å². The van der Waals surface area contributed by atoms with Gasteiger partial charge in [0, 0.05) is 0 Å². The van der Waals surface area contributed by atoms with Crippen molar-refractivity contribution >= 4 is 0 Å². The molecule has 0 aromatic rings. The molecule has 0 radical (unpaired) electrons. The van der Waals surface area contributed by atoms with Crippen LogP contribution in [0.2, 0.25) is 0 Å². The lowest BCUT2D eigenvalue weighted by atomic mass is 9.32. The Bertz CT molecular complexity index is 766. The molecule has 5 aliphatic carbocycles. The van der Waals surface area contributed by atoms with E-state index in [2.05, 4.69) is 55.0 Å². The van der Waals surface area contributed by atoms with Crippen molar-refractivity contribution in [1.82, 2.24) is 0 Å². The van der Waals surface area contributed by atoms with Gasteiger partial charge in [-0.25, -0.2) is 0 Å². The molecular formula is C30H50O. The van der Waals surface area contributed by atoms with Gasteiger partial charge >= 0.3 is 0 Å². The van der Waals surface area contributed by atoms with Crippen LogP contribution in [0, 0.1) is 56.7 Å². The Hall–Kier alpha value is -0.300. The number of aliphatic hydroxyl groups excluding tert-OH is 1. The van der Waals surface area contributed by atoms with Crippen molar-refractivity contribution in [3.8, 4) is 0 Å². The molecule has 5 rings (SSSR count). The maximum absolute atomic E-state index is 10.9. The Morgan fingerprint density at radius 3 is 2.13 bits per heavy atom. The van der Waals surface area contributed by atoms with Gasteiger partial charge in [0.25, 0.3) is 0 Å². The van der Waals surface area contributed by atoms with Crippen LogP contribution < -0.4 is 0 Å². The summed E-state index contributed by atoms with van der Waals surface area (Å²) in [6.07, 6.45) is 13.4. The molecule has 1 heteroatoms. The predicted molar refractivity (Wildman–Crippen MR) is 131 cm³/mol. The number of aliphatic hydroxyl groups is 1. The fraction of sp³-hybridized carbons (Fsp3) is 0.933. The Kier molecular flexibility index (Phi) is 4.82. The largest absolute Gasteiger partial charge is 0.393 e. The molecule has 0 amide bonds. The summed E-state index contributed by atoms with van der Waals surface area (Å²) >= 11 is 0. The fourth-order valence-electron chi connectivity index (χ4n) is 11.5. The summed E-state index contributed by atoms with van der Waals surface area (Å²) in [5.74, 6) is 3.98. The van der Waals surface area contributed by atoms with Gasteiger partial charge in [0.15, 0.2) is 0 Å². The van der Waals surface area contributed by atoms with Crippen molar-refractivity contribution in [3.63, 3.8) is 0 Å². The second-order valence-electron chi connectivity index (χ2n) is 14.7. The van der Waals surface area contributed by atoms with E-state index in [-0.39, 0.29) is 11.5 Å². The topological polar surface area (TPSA) is 20.2 Å². The molecule has 10 atom stereocenters. The second kappa shape index (κ2) is 6.64. The summed E-state index contributed by atoms with van der Waals surface area (Å²) in [4.78, 5) is 0. The monoisotopic (exact) mass is 426 g/mol. The minimum atomic E-state index is -0.118. The molecule has 0 heterocycles. The van der Waals surface area contributed by atoms with Gasteiger partial charge in [-0.05, 0) is 128 Å². The Balaban J connectivity index is 1.54. The molecule has 0 bridgehead atoms. The van der Waals surface area contributed by atoms with E-state index in [9.17, 15) is 5.11 Å². The lowest BCUT2D eigenvalue weighted by molar-refractivity contribution is -0.246. The summed E-state index contributed by atoms with van der Waals surface area (Å²) in [5.41, 5.74) is 3.38. The van der Waals surface area contributed by atoms with Gasteiger partial charge in [0.2, 0.25) is 0 Å². The van der Waals surface area contributed by atoms with E-state index in [1.807, 2.05) is 0 Å². The lowest BCUT2D eigenvalue weighted by Gasteiger charge is -2.73. The average molecular weight is 427 g/mol. The Labute approximate surface area is 192 Å². The highest BCUT2D eigenvalue weighted by molar-refractivity contribution is 5.21. The number of allylic oxidation sites excluding steroid dienone is 1. The maximum atomic E-state index is 10.9. The normalized spacial score (nSPS) is 57.9. The molecule has 0 aromatic carbocycles. The van der Waals surface area contributed by atoms with E-state index in [0.29, 0.717) is 27.6 Å². The Morgan fingerprint density at radius 1 is 0.742 bits per heavy atom. The highest BCUT2D eigenvalue weighted by atomic mass is 16.3. The van der Waals surface area contributed by atoms with Crippen LogP contribution in [0.25, 0.3) is 0 Å². The number of hydrogen-bond donors (Lipinski definition) is 1. The predicted octanol–water partition coefficient (Wildman–Crippen LogP) is 8.02. The minimum Gasteiger partial charge on any atom is -0.393 e. The zero-order valence-electron chi connectivity index (χ0n) is 21.7. The molecule has 0 spiro atoms. The standard InChI is InChI=1S/C30H50O/c1-19(2)20-11-14-27(5)17-18-29(7)21(25(20)27)9-10-23-28(6)15-13-24(31)26(3,4)22(28)12-16-30(23,29)8/h20-25,31H,1,9-18H2,2-8H3/t20-,21?,22?,23?,24?,25?,27-,28+,29-,30-/m1/s1. The van der Waals surface area contributed by atoms with Crippen molar-refractivity contribution in [2.45, 2.75) is 119 Å². The molecule has 1 N–H and O–H groups in total. The van der Waals surface area contributed by atoms with Crippen LogP contribution in [-0.4, -0.2) is 11.2 Å². The van der Waals surface area contributed by atoms with Gasteiger partial charge < -0.3 is 5.11 Å². The summed E-state index contributed by atoms with van der Waals surface area (Å²) in [5, 5.41) is 10.9. The van der Waals surface area contributed by atoms with Gasteiger partial charge in [0.05, 0.1) is 6.10 Å². The third-order valence-electron chi connectivity index (χ3n) is 13.5. The molecule has 176 valence electrons. The zero-order chi connectivity index (χ0) is 22.6. The first-order valence-electron chi connectivity index (χ1n) is 13.6. The van der Waals surface area contributed by atoms with Crippen LogP contribution in [-0.2, 0) is 0 Å². The van der Waals surface area contributed by atoms with E-state index >= 15 is 0 Å². The van der Waals surface area contributed by atoms with E-state index in [1.54, 1.807) is 0 Å². The number of fused-ring (bicyclic) bond motifs is 7.